The summed E-state index contributed by atoms with van der Waals surface area (Å²) in [7, 11) is 0. The van der Waals surface area contributed by atoms with Crippen molar-refractivity contribution >= 4 is 5.91 Å². The molecule has 0 aliphatic heterocycles. The fourth-order valence-corrected chi connectivity index (χ4v) is 0.810. The Labute approximate surface area is 67.9 Å². The lowest BCUT2D eigenvalue weighted by atomic mass is 10.4. The fourth-order valence-electron chi connectivity index (χ4n) is 0.810. The van der Waals surface area contributed by atoms with Gasteiger partial charge >= 0.3 is 0 Å². The Morgan fingerprint density at radius 2 is 2.00 bits per heavy atom. The van der Waals surface area contributed by atoms with E-state index < -0.39 is 0 Å². The lowest BCUT2D eigenvalue weighted by Crippen LogP contribution is -2.28. The molecule has 0 atom stereocenters. The van der Waals surface area contributed by atoms with Gasteiger partial charge in [0.25, 0.3) is 0 Å². The van der Waals surface area contributed by atoms with Crippen molar-refractivity contribution in [1.82, 2.24) is 4.90 Å². The first-order valence-corrected chi connectivity index (χ1v) is 3.91. The van der Waals surface area contributed by atoms with Crippen LogP contribution in [0, 0.1) is 0 Å². The van der Waals surface area contributed by atoms with E-state index in [2.05, 4.69) is 0 Å². The molecule has 0 radical (unpaired) electrons. The molecule has 0 unspecified atom stereocenters. The smallest absolute Gasteiger partial charge is 0.246 e. The van der Waals surface area contributed by atoms with E-state index in [4.69, 9.17) is 5.73 Å². The maximum Gasteiger partial charge on any atom is 0.246 e. The van der Waals surface area contributed by atoms with Crippen LogP contribution in [0.4, 0.5) is 0 Å². The van der Waals surface area contributed by atoms with E-state index in [1.807, 2.05) is 13.8 Å². The maximum atomic E-state index is 11.1. The van der Waals surface area contributed by atoms with Crippen molar-refractivity contribution in [3.63, 3.8) is 0 Å². The molecule has 2 N–H and O–H groups in total. The third-order valence-corrected chi connectivity index (χ3v) is 1.47. The maximum absolute atomic E-state index is 11.1. The summed E-state index contributed by atoms with van der Waals surface area (Å²) in [5.74, 6) is 0.0421. The van der Waals surface area contributed by atoms with Crippen molar-refractivity contribution in [3.05, 3.63) is 12.2 Å². The van der Waals surface area contributed by atoms with Crippen LogP contribution in [0.25, 0.3) is 0 Å². The monoisotopic (exact) mass is 156 g/mol. The Bertz CT molecular complexity index is 139. The minimum atomic E-state index is 0.0421. The van der Waals surface area contributed by atoms with Gasteiger partial charge in [-0.25, -0.2) is 0 Å². The average Bonchev–Trinajstić information content (AvgIpc) is 2.03. The Morgan fingerprint density at radius 3 is 2.36 bits per heavy atom. The highest BCUT2D eigenvalue weighted by molar-refractivity contribution is 5.87. The van der Waals surface area contributed by atoms with Crippen LogP contribution in [0.3, 0.4) is 0 Å². The molecule has 0 spiro atoms. The zero-order valence-electron chi connectivity index (χ0n) is 7.21. The fraction of sp³-hybridized carbons (Fsp3) is 0.625. The molecule has 0 saturated carbocycles. The summed E-state index contributed by atoms with van der Waals surface area (Å²) >= 11 is 0. The predicted molar refractivity (Wildman–Crippen MR) is 46.1 cm³/mol. The highest BCUT2D eigenvalue weighted by Gasteiger charge is 2.02. The second kappa shape index (κ2) is 5.92. The molecule has 0 rings (SSSR count). The van der Waals surface area contributed by atoms with Gasteiger partial charge in [-0.2, -0.15) is 0 Å². The van der Waals surface area contributed by atoms with E-state index in [0.29, 0.717) is 6.54 Å². The van der Waals surface area contributed by atoms with Crippen LogP contribution in [-0.4, -0.2) is 30.4 Å². The van der Waals surface area contributed by atoms with Gasteiger partial charge < -0.3 is 10.6 Å². The van der Waals surface area contributed by atoms with E-state index in [9.17, 15) is 4.79 Å². The number of nitrogens with two attached hydrogens (primary N) is 1. The lowest BCUT2D eigenvalue weighted by Gasteiger charge is -2.15. The minimum absolute atomic E-state index is 0.0421. The first-order valence-electron chi connectivity index (χ1n) is 3.91. The van der Waals surface area contributed by atoms with Crippen molar-refractivity contribution in [3.8, 4) is 0 Å². The van der Waals surface area contributed by atoms with Crippen molar-refractivity contribution in [2.45, 2.75) is 13.8 Å². The highest BCUT2D eigenvalue weighted by atomic mass is 16.2. The molecule has 0 saturated heterocycles. The second-order valence-corrected chi connectivity index (χ2v) is 2.15. The van der Waals surface area contributed by atoms with Gasteiger partial charge in [-0.15, -0.1) is 0 Å². The molecular weight excluding hydrogens is 140 g/mol. The van der Waals surface area contributed by atoms with Crippen LogP contribution < -0.4 is 5.73 Å². The van der Waals surface area contributed by atoms with Gasteiger partial charge in [0.05, 0.1) is 0 Å². The normalized spacial score (nSPS) is 10.5. The zero-order chi connectivity index (χ0) is 8.69. The van der Waals surface area contributed by atoms with Crippen molar-refractivity contribution in [2.75, 3.05) is 19.6 Å². The van der Waals surface area contributed by atoms with E-state index in [1.165, 1.54) is 6.08 Å². The Balaban J connectivity index is 3.88. The van der Waals surface area contributed by atoms with Crippen LogP contribution in [0.1, 0.15) is 13.8 Å². The summed E-state index contributed by atoms with van der Waals surface area (Å²) in [5.41, 5.74) is 5.20. The molecular formula is C8H16N2O. The van der Waals surface area contributed by atoms with E-state index >= 15 is 0 Å². The Hall–Kier alpha value is -0.830. The van der Waals surface area contributed by atoms with Crippen molar-refractivity contribution < 1.29 is 4.79 Å². The quantitative estimate of drug-likeness (QED) is 0.598. The number of rotatable bonds is 4. The number of hydrogen-bond donors (Lipinski definition) is 1. The van der Waals surface area contributed by atoms with E-state index in [-0.39, 0.29) is 5.91 Å². The van der Waals surface area contributed by atoms with E-state index in [0.717, 1.165) is 13.1 Å². The number of amides is 1. The number of carbonyl (C=O) groups excluding carboxylic acids is 1. The number of carbonyl (C=O) groups is 1. The molecule has 0 aromatic rings. The molecule has 64 valence electrons. The summed E-state index contributed by atoms with van der Waals surface area (Å²) in [5, 5.41) is 0. The van der Waals surface area contributed by atoms with Crippen molar-refractivity contribution in [2.24, 2.45) is 5.73 Å². The van der Waals surface area contributed by atoms with Crippen LogP contribution in [0.5, 0.6) is 0 Å². The second-order valence-electron chi connectivity index (χ2n) is 2.15. The molecule has 0 bridgehead atoms. The highest BCUT2D eigenvalue weighted by Crippen LogP contribution is 1.89. The molecule has 1 amide bonds. The van der Waals surface area contributed by atoms with Crippen LogP contribution in [0.2, 0.25) is 0 Å². The number of nitrogens with zero attached hydrogens (tertiary/aromatic N) is 1. The third-order valence-electron chi connectivity index (χ3n) is 1.47. The van der Waals surface area contributed by atoms with Crippen LogP contribution >= 0.6 is 0 Å². The molecule has 0 heterocycles. The standard InChI is InChI=1S/C8H16N2O/c1-3-10(4-2)8(11)6-5-7-9/h5-6H,3-4,7,9H2,1-2H3/b6-5+. The zero-order valence-corrected chi connectivity index (χ0v) is 7.21. The summed E-state index contributed by atoms with van der Waals surface area (Å²) in [6.07, 6.45) is 3.19. The number of likely N-dealkylation sites (N-methyl/N-ethyl adjacent to an activating group) is 1. The first kappa shape index (κ1) is 10.2. The van der Waals surface area contributed by atoms with Gasteiger partial charge in [0.2, 0.25) is 5.91 Å². The van der Waals surface area contributed by atoms with Gasteiger partial charge in [-0.05, 0) is 13.8 Å². The topological polar surface area (TPSA) is 46.3 Å². The minimum Gasteiger partial charge on any atom is -0.340 e. The van der Waals surface area contributed by atoms with Gasteiger partial charge in [-0.1, -0.05) is 6.08 Å². The summed E-state index contributed by atoms with van der Waals surface area (Å²) in [4.78, 5) is 12.9. The van der Waals surface area contributed by atoms with Crippen LogP contribution in [-0.2, 0) is 4.79 Å². The Kier molecular flexibility index (Phi) is 5.47. The molecule has 0 aliphatic carbocycles. The lowest BCUT2D eigenvalue weighted by molar-refractivity contribution is -0.125. The van der Waals surface area contributed by atoms with E-state index in [1.54, 1.807) is 11.0 Å². The SMILES string of the molecule is CCN(CC)C(=O)/C=C/CN. The predicted octanol–water partition coefficient (Wildman–Crippen LogP) is 0.370. The first-order chi connectivity index (χ1) is 5.26. The summed E-state index contributed by atoms with van der Waals surface area (Å²) in [6, 6.07) is 0. The summed E-state index contributed by atoms with van der Waals surface area (Å²) < 4.78 is 0. The molecule has 11 heavy (non-hydrogen) atoms. The van der Waals surface area contributed by atoms with Gasteiger partial charge in [0.15, 0.2) is 0 Å². The molecule has 0 aliphatic rings. The van der Waals surface area contributed by atoms with Crippen LogP contribution in [0.15, 0.2) is 12.2 Å². The Morgan fingerprint density at radius 1 is 1.45 bits per heavy atom. The third kappa shape index (κ3) is 3.78. The van der Waals surface area contributed by atoms with Gasteiger partial charge in [-0.3, -0.25) is 4.79 Å². The number of hydrogen-bond acceptors (Lipinski definition) is 2. The largest absolute Gasteiger partial charge is 0.340 e. The van der Waals surface area contributed by atoms with Gasteiger partial charge in [0, 0.05) is 25.7 Å². The summed E-state index contributed by atoms with van der Waals surface area (Å²) in [6.45, 7) is 5.84. The molecule has 0 aromatic carbocycles. The van der Waals surface area contributed by atoms with Crippen molar-refractivity contribution in [1.29, 1.82) is 0 Å². The molecule has 0 fully saturated rings. The molecule has 3 heteroatoms. The molecule has 0 aromatic heterocycles. The van der Waals surface area contributed by atoms with Gasteiger partial charge in [0.1, 0.15) is 0 Å². The molecule has 3 nitrogen and oxygen atoms in total. The average molecular weight is 156 g/mol.